The number of hydrogen-bond acceptors (Lipinski definition) is 4. The average Bonchev–Trinajstić information content (AvgIpc) is 3.23. The van der Waals surface area contributed by atoms with E-state index in [0.29, 0.717) is 24.3 Å². The van der Waals surface area contributed by atoms with Crippen molar-refractivity contribution in [2.24, 2.45) is 0 Å². The molecule has 6 nitrogen and oxygen atoms in total. The maximum absolute atomic E-state index is 12.6. The number of amides is 2. The molecule has 0 spiro atoms. The molecule has 2 amide bonds. The minimum Gasteiger partial charge on any atom is -0.435 e. The summed E-state index contributed by atoms with van der Waals surface area (Å²) in [6.45, 7) is -0.525. The highest BCUT2D eigenvalue weighted by atomic mass is 19.3. The molecule has 0 radical (unpaired) electrons. The molecule has 2 N–H and O–H groups in total. The first kappa shape index (κ1) is 20.7. The fraction of sp³-hybridized carbons (Fsp3) is 0.333. The van der Waals surface area contributed by atoms with Gasteiger partial charge in [-0.3, -0.25) is 9.59 Å². The van der Waals surface area contributed by atoms with E-state index in [9.17, 15) is 18.4 Å². The van der Waals surface area contributed by atoms with Gasteiger partial charge in [-0.2, -0.15) is 8.78 Å². The number of carbonyl (C=O) groups excluding carboxylic acids is 2. The predicted molar refractivity (Wildman–Crippen MR) is 103 cm³/mol. The van der Waals surface area contributed by atoms with Crippen molar-refractivity contribution in [2.75, 3.05) is 11.9 Å². The third kappa shape index (κ3) is 5.74. The van der Waals surface area contributed by atoms with E-state index in [2.05, 4.69) is 15.4 Å². The molecule has 29 heavy (non-hydrogen) atoms. The van der Waals surface area contributed by atoms with Crippen LogP contribution in [0.5, 0.6) is 5.75 Å². The lowest BCUT2D eigenvalue weighted by Crippen LogP contribution is -2.28. The molecular formula is C21H22F2N2O4. The monoisotopic (exact) mass is 404 g/mol. The van der Waals surface area contributed by atoms with Crippen molar-refractivity contribution in [2.45, 2.75) is 38.5 Å². The van der Waals surface area contributed by atoms with Crippen molar-refractivity contribution in [3.8, 4) is 5.75 Å². The van der Waals surface area contributed by atoms with Gasteiger partial charge in [-0.25, -0.2) is 0 Å². The van der Waals surface area contributed by atoms with Crippen molar-refractivity contribution < 1.29 is 27.8 Å². The second-order valence-corrected chi connectivity index (χ2v) is 6.71. The summed E-state index contributed by atoms with van der Waals surface area (Å²) in [6, 6.07) is 12.3. The van der Waals surface area contributed by atoms with Crippen molar-refractivity contribution in [1.29, 1.82) is 0 Å². The summed E-state index contributed by atoms with van der Waals surface area (Å²) in [6.07, 6.45) is 1.09. The molecule has 0 saturated carbocycles. The van der Waals surface area contributed by atoms with Crippen LogP contribution in [0.4, 0.5) is 14.5 Å². The fourth-order valence-corrected chi connectivity index (χ4v) is 3.05. The van der Waals surface area contributed by atoms with E-state index < -0.39 is 12.7 Å². The lowest BCUT2D eigenvalue weighted by molar-refractivity contribution is -0.124. The molecule has 1 heterocycles. The van der Waals surface area contributed by atoms with E-state index >= 15 is 0 Å². The van der Waals surface area contributed by atoms with E-state index in [4.69, 9.17) is 4.74 Å². The smallest absolute Gasteiger partial charge is 0.387 e. The van der Waals surface area contributed by atoms with Gasteiger partial charge in [0.2, 0.25) is 0 Å². The van der Waals surface area contributed by atoms with Crippen molar-refractivity contribution >= 4 is 17.5 Å². The summed E-state index contributed by atoms with van der Waals surface area (Å²) < 4.78 is 34.1. The molecule has 0 aliphatic carbocycles. The molecule has 2 atom stereocenters. The Kier molecular flexibility index (Phi) is 6.77. The Morgan fingerprint density at radius 1 is 1.17 bits per heavy atom. The van der Waals surface area contributed by atoms with Crippen LogP contribution < -0.4 is 15.4 Å². The Bertz CT molecular complexity index is 852. The highest BCUT2D eigenvalue weighted by Gasteiger charge is 2.23. The predicted octanol–water partition coefficient (Wildman–Crippen LogP) is 3.90. The van der Waals surface area contributed by atoms with Gasteiger partial charge in [0.1, 0.15) is 11.9 Å². The molecule has 2 aromatic carbocycles. The minimum absolute atomic E-state index is 0.0527. The summed E-state index contributed by atoms with van der Waals surface area (Å²) in [7, 11) is 0. The Labute approximate surface area is 167 Å². The fourth-order valence-electron chi connectivity index (χ4n) is 3.05. The number of halogens is 2. The summed E-state index contributed by atoms with van der Waals surface area (Å²) in [5.41, 5.74) is 1.64. The standard InChI is InChI=1S/C21H22F2N2O4/c1-13(14-7-9-17(10-8-14)29-21(22)23)24-19(26)15-4-2-5-16(12-15)25-20(27)18-6-3-11-28-18/h2,4-5,7-10,12-13,18,21H,3,6,11H2,1H3,(H,24,26)(H,25,27)/t13-,18-/m0/s1. The molecule has 154 valence electrons. The maximum atomic E-state index is 12.6. The molecular weight excluding hydrogens is 382 g/mol. The highest BCUT2D eigenvalue weighted by molar-refractivity contribution is 5.98. The molecule has 1 saturated heterocycles. The van der Waals surface area contributed by atoms with E-state index in [0.717, 1.165) is 12.0 Å². The molecule has 2 aromatic rings. The van der Waals surface area contributed by atoms with Gasteiger partial charge in [-0.1, -0.05) is 18.2 Å². The van der Waals surface area contributed by atoms with E-state index in [1.54, 1.807) is 43.3 Å². The quantitative estimate of drug-likeness (QED) is 0.734. The normalized spacial score (nSPS) is 17.0. The zero-order chi connectivity index (χ0) is 20.8. The summed E-state index contributed by atoms with van der Waals surface area (Å²) in [5, 5.41) is 5.61. The topological polar surface area (TPSA) is 76.7 Å². The van der Waals surface area contributed by atoms with Crippen molar-refractivity contribution in [1.82, 2.24) is 5.32 Å². The van der Waals surface area contributed by atoms with Gasteiger partial charge < -0.3 is 20.1 Å². The Morgan fingerprint density at radius 2 is 1.93 bits per heavy atom. The van der Waals surface area contributed by atoms with Crippen LogP contribution in [-0.2, 0) is 9.53 Å². The number of anilines is 1. The zero-order valence-electron chi connectivity index (χ0n) is 15.9. The first-order valence-corrected chi connectivity index (χ1v) is 9.30. The molecule has 1 aliphatic rings. The molecule has 0 bridgehead atoms. The number of hydrogen-bond donors (Lipinski definition) is 2. The Morgan fingerprint density at radius 3 is 2.59 bits per heavy atom. The lowest BCUT2D eigenvalue weighted by Gasteiger charge is -2.16. The van der Waals surface area contributed by atoms with E-state index in [1.807, 2.05) is 0 Å². The number of ether oxygens (including phenoxy) is 2. The minimum atomic E-state index is -2.88. The summed E-state index contributed by atoms with van der Waals surface area (Å²) >= 11 is 0. The number of rotatable bonds is 7. The number of benzene rings is 2. The Balaban J connectivity index is 1.60. The number of alkyl halides is 2. The van der Waals surface area contributed by atoms with Crippen LogP contribution in [-0.4, -0.2) is 31.1 Å². The summed E-state index contributed by atoms with van der Waals surface area (Å²) in [4.78, 5) is 24.7. The average molecular weight is 404 g/mol. The van der Waals surface area contributed by atoms with Crippen LogP contribution in [0.15, 0.2) is 48.5 Å². The largest absolute Gasteiger partial charge is 0.435 e. The van der Waals surface area contributed by atoms with Crippen LogP contribution in [0.1, 0.15) is 41.7 Å². The highest BCUT2D eigenvalue weighted by Crippen LogP contribution is 2.20. The Hall–Kier alpha value is -3.00. The zero-order valence-corrected chi connectivity index (χ0v) is 15.9. The second-order valence-electron chi connectivity index (χ2n) is 6.71. The van der Waals surface area contributed by atoms with Gasteiger partial charge in [0.05, 0.1) is 6.04 Å². The van der Waals surface area contributed by atoms with Crippen LogP contribution in [0, 0.1) is 0 Å². The third-order valence-corrected chi connectivity index (χ3v) is 4.57. The van der Waals surface area contributed by atoms with Gasteiger partial charge >= 0.3 is 6.61 Å². The van der Waals surface area contributed by atoms with Gasteiger partial charge in [-0.15, -0.1) is 0 Å². The molecule has 3 rings (SSSR count). The molecule has 1 fully saturated rings. The van der Waals surface area contributed by atoms with Gasteiger partial charge in [0.25, 0.3) is 11.8 Å². The van der Waals surface area contributed by atoms with E-state index in [-0.39, 0.29) is 23.6 Å². The van der Waals surface area contributed by atoms with Crippen molar-refractivity contribution in [3.63, 3.8) is 0 Å². The van der Waals surface area contributed by atoms with Crippen LogP contribution in [0.25, 0.3) is 0 Å². The maximum Gasteiger partial charge on any atom is 0.387 e. The SMILES string of the molecule is C[C@H](NC(=O)c1cccc(NC(=O)[C@@H]2CCCO2)c1)c1ccc(OC(F)F)cc1. The number of carbonyl (C=O) groups is 2. The summed E-state index contributed by atoms with van der Waals surface area (Å²) in [5.74, 6) is -0.491. The molecule has 8 heteroatoms. The van der Waals surface area contributed by atoms with Crippen molar-refractivity contribution in [3.05, 3.63) is 59.7 Å². The van der Waals surface area contributed by atoms with Crippen LogP contribution >= 0.6 is 0 Å². The molecule has 1 aliphatic heterocycles. The lowest BCUT2D eigenvalue weighted by atomic mass is 10.1. The van der Waals surface area contributed by atoms with Gasteiger partial charge in [0.15, 0.2) is 0 Å². The first-order valence-electron chi connectivity index (χ1n) is 9.30. The van der Waals surface area contributed by atoms with Gasteiger partial charge in [-0.05, 0) is 55.7 Å². The van der Waals surface area contributed by atoms with E-state index in [1.165, 1.54) is 12.1 Å². The van der Waals surface area contributed by atoms with Gasteiger partial charge in [0, 0.05) is 17.9 Å². The third-order valence-electron chi connectivity index (χ3n) is 4.57. The second kappa shape index (κ2) is 9.47. The molecule has 0 unspecified atom stereocenters. The first-order chi connectivity index (χ1) is 13.9. The molecule has 0 aromatic heterocycles. The van der Waals surface area contributed by atoms with Crippen LogP contribution in [0.3, 0.4) is 0 Å². The number of nitrogens with one attached hydrogen (secondary N) is 2. The van der Waals surface area contributed by atoms with Crippen LogP contribution in [0.2, 0.25) is 0 Å².